The van der Waals surface area contributed by atoms with Crippen molar-refractivity contribution in [1.29, 1.82) is 0 Å². The lowest BCUT2D eigenvalue weighted by molar-refractivity contribution is 0.542. The molecule has 1 aromatic carbocycles. The van der Waals surface area contributed by atoms with E-state index in [0.717, 1.165) is 16.7 Å². The molecule has 1 atom stereocenters. The minimum atomic E-state index is -0.289. The molecule has 2 aromatic rings. The van der Waals surface area contributed by atoms with Gasteiger partial charge in [0.25, 0.3) is 0 Å². The van der Waals surface area contributed by atoms with Crippen LogP contribution >= 0.6 is 12.2 Å². The average Bonchev–Trinajstić information content (AvgIpc) is 2.59. The van der Waals surface area contributed by atoms with Crippen LogP contribution in [-0.2, 0) is 0 Å². The van der Waals surface area contributed by atoms with E-state index in [2.05, 4.69) is 0 Å². The van der Waals surface area contributed by atoms with Crippen molar-refractivity contribution in [2.24, 2.45) is 5.73 Å². The van der Waals surface area contributed by atoms with Gasteiger partial charge in [-0.25, -0.2) is 0 Å². The summed E-state index contributed by atoms with van der Waals surface area (Å²) in [6, 6.07) is 9.42. The highest BCUT2D eigenvalue weighted by atomic mass is 32.1. The number of hydrogen-bond donors (Lipinski definition) is 1. The first kappa shape index (κ1) is 8.41. The molecule has 0 amide bonds. The minimum Gasteiger partial charge on any atom is -0.459 e. The Bertz CT molecular complexity index is 402. The number of furan rings is 1. The molecule has 0 radical (unpaired) electrons. The van der Waals surface area contributed by atoms with E-state index in [9.17, 15) is 0 Å². The van der Waals surface area contributed by atoms with E-state index >= 15 is 0 Å². The monoisotopic (exact) mass is 191 g/mol. The number of rotatable bonds is 2. The number of fused-ring (bicyclic) bond motifs is 1. The van der Waals surface area contributed by atoms with Crippen molar-refractivity contribution >= 4 is 28.6 Å². The number of hydrogen-bond acceptors (Lipinski definition) is 3. The van der Waals surface area contributed by atoms with E-state index in [1.807, 2.05) is 30.3 Å². The van der Waals surface area contributed by atoms with Gasteiger partial charge in [-0.2, -0.15) is 0 Å². The third-order valence-electron chi connectivity index (χ3n) is 1.92. The molecule has 1 aromatic heterocycles. The maximum Gasteiger partial charge on any atom is 0.134 e. The molecule has 3 heteroatoms. The number of nitrogens with two attached hydrogens (primary N) is 1. The molecule has 0 bridgehead atoms. The molecule has 0 spiro atoms. The second kappa shape index (κ2) is 3.28. The summed E-state index contributed by atoms with van der Waals surface area (Å²) in [4.78, 5) is 0. The third-order valence-corrected chi connectivity index (χ3v) is 2.21. The molecule has 0 saturated carbocycles. The number of thiocarbonyl (C=S) groups is 1. The van der Waals surface area contributed by atoms with Crippen LogP contribution < -0.4 is 5.73 Å². The van der Waals surface area contributed by atoms with E-state index < -0.39 is 0 Å². The van der Waals surface area contributed by atoms with Crippen LogP contribution in [0.1, 0.15) is 11.8 Å². The molecule has 2 N–H and O–H groups in total. The molecule has 0 fully saturated rings. The van der Waals surface area contributed by atoms with Gasteiger partial charge in [0, 0.05) is 10.8 Å². The zero-order valence-electron chi connectivity index (χ0n) is 6.94. The Balaban J connectivity index is 2.55. The Hall–Kier alpha value is -1.19. The van der Waals surface area contributed by atoms with E-state index in [0.29, 0.717) is 0 Å². The first-order valence-corrected chi connectivity index (χ1v) is 4.48. The van der Waals surface area contributed by atoms with Gasteiger partial charge in [0.1, 0.15) is 11.3 Å². The quantitative estimate of drug-likeness (QED) is 0.741. The minimum absolute atomic E-state index is 0.289. The van der Waals surface area contributed by atoms with E-state index in [4.69, 9.17) is 22.4 Å². The predicted octanol–water partition coefficient (Wildman–Crippen LogP) is 2.43. The van der Waals surface area contributed by atoms with Gasteiger partial charge in [-0.1, -0.05) is 30.4 Å². The topological polar surface area (TPSA) is 39.2 Å². The van der Waals surface area contributed by atoms with Crippen molar-refractivity contribution in [1.82, 2.24) is 0 Å². The van der Waals surface area contributed by atoms with E-state index in [-0.39, 0.29) is 6.04 Å². The molecule has 66 valence electrons. The maximum absolute atomic E-state index is 5.70. The van der Waals surface area contributed by atoms with Gasteiger partial charge in [-0.3, -0.25) is 0 Å². The highest BCUT2D eigenvalue weighted by Gasteiger charge is 2.07. The second-order valence-corrected chi connectivity index (χ2v) is 3.12. The Morgan fingerprint density at radius 3 is 2.85 bits per heavy atom. The Morgan fingerprint density at radius 2 is 2.15 bits per heavy atom. The van der Waals surface area contributed by atoms with Gasteiger partial charge >= 0.3 is 0 Å². The summed E-state index contributed by atoms with van der Waals surface area (Å²) in [6.45, 7) is 0. The second-order valence-electron chi connectivity index (χ2n) is 2.85. The summed E-state index contributed by atoms with van der Waals surface area (Å²) in [7, 11) is 0. The summed E-state index contributed by atoms with van der Waals surface area (Å²) in [5, 5.41) is 2.56. The highest BCUT2D eigenvalue weighted by molar-refractivity contribution is 7.79. The van der Waals surface area contributed by atoms with Crippen molar-refractivity contribution in [3.63, 3.8) is 0 Å². The Morgan fingerprint density at radius 1 is 1.38 bits per heavy atom. The van der Waals surface area contributed by atoms with Crippen molar-refractivity contribution in [2.45, 2.75) is 6.04 Å². The zero-order valence-corrected chi connectivity index (χ0v) is 7.75. The van der Waals surface area contributed by atoms with Crippen molar-refractivity contribution in [3.05, 3.63) is 36.1 Å². The molecule has 1 unspecified atom stereocenters. The molecule has 2 rings (SSSR count). The standard InChI is InChI=1S/C10H9NOS/c11-8(6-13)10-5-7-3-1-2-4-9(7)12-10/h1-6,8H,11H2. The molecule has 1 heterocycles. The fourth-order valence-corrected chi connectivity index (χ4v) is 1.37. The van der Waals surface area contributed by atoms with E-state index in [1.54, 1.807) is 0 Å². The van der Waals surface area contributed by atoms with Gasteiger partial charge in [0.15, 0.2) is 0 Å². The molecule has 0 saturated heterocycles. The summed E-state index contributed by atoms with van der Waals surface area (Å²) < 4.78 is 5.50. The summed E-state index contributed by atoms with van der Waals surface area (Å²) in [5.41, 5.74) is 6.56. The SMILES string of the molecule is NC(C=S)c1cc2ccccc2o1. The summed E-state index contributed by atoms with van der Waals surface area (Å²) >= 11 is 4.75. The van der Waals surface area contributed by atoms with E-state index in [1.165, 1.54) is 5.37 Å². The molecule has 0 aliphatic carbocycles. The molecule has 0 aliphatic rings. The zero-order chi connectivity index (χ0) is 9.26. The van der Waals surface area contributed by atoms with Gasteiger partial charge in [-0.15, -0.1) is 0 Å². The number of benzene rings is 1. The van der Waals surface area contributed by atoms with Crippen LogP contribution in [0.25, 0.3) is 11.0 Å². The first-order chi connectivity index (χ1) is 6.31. The third kappa shape index (κ3) is 1.48. The molecule has 13 heavy (non-hydrogen) atoms. The highest BCUT2D eigenvalue weighted by Crippen LogP contribution is 2.21. The lowest BCUT2D eigenvalue weighted by atomic mass is 10.2. The molecule has 2 nitrogen and oxygen atoms in total. The molecular formula is C10H9NOS. The Kier molecular flexibility index (Phi) is 2.12. The van der Waals surface area contributed by atoms with Crippen LogP contribution in [0.5, 0.6) is 0 Å². The molecule has 0 aliphatic heterocycles. The van der Waals surface area contributed by atoms with Crippen molar-refractivity contribution < 1.29 is 4.42 Å². The average molecular weight is 191 g/mol. The van der Waals surface area contributed by atoms with Crippen LogP contribution in [0, 0.1) is 0 Å². The van der Waals surface area contributed by atoms with Crippen LogP contribution in [-0.4, -0.2) is 5.37 Å². The summed E-state index contributed by atoms with van der Waals surface area (Å²) in [5.74, 6) is 0.719. The Labute approximate surface area is 81.3 Å². The molecular weight excluding hydrogens is 182 g/mol. The fourth-order valence-electron chi connectivity index (χ4n) is 1.23. The predicted molar refractivity (Wildman–Crippen MR) is 56.8 cm³/mol. The van der Waals surface area contributed by atoms with Crippen molar-refractivity contribution in [2.75, 3.05) is 0 Å². The first-order valence-electron chi connectivity index (χ1n) is 4.00. The number of para-hydroxylation sites is 1. The normalized spacial score (nSPS) is 13.0. The lowest BCUT2D eigenvalue weighted by Gasteiger charge is -1.97. The van der Waals surface area contributed by atoms with Crippen LogP contribution in [0.4, 0.5) is 0 Å². The van der Waals surface area contributed by atoms with Crippen LogP contribution in [0.3, 0.4) is 0 Å². The fraction of sp³-hybridized carbons (Fsp3) is 0.100. The smallest absolute Gasteiger partial charge is 0.134 e. The largest absolute Gasteiger partial charge is 0.459 e. The van der Waals surface area contributed by atoms with Crippen molar-refractivity contribution in [3.8, 4) is 0 Å². The van der Waals surface area contributed by atoms with Gasteiger partial charge < -0.3 is 10.2 Å². The van der Waals surface area contributed by atoms with Gasteiger partial charge in [-0.05, 0) is 12.1 Å². The summed E-state index contributed by atoms with van der Waals surface area (Å²) in [6.07, 6.45) is 0. The van der Waals surface area contributed by atoms with Gasteiger partial charge in [0.05, 0.1) is 6.04 Å². The maximum atomic E-state index is 5.70. The van der Waals surface area contributed by atoms with Crippen LogP contribution in [0.2, 0.25) is 0 Å². The lowest BCUT2D eigenvalue weighted by Crippen LogP contribution is -2.08. The van der Waals surface area contributed by atoms with Gasteiger partial charge in [0.2, 0.25) is 0 Å². The van der Waals surface area contributed by atoms with Crippen LogP contribution in [0.15, 0.2) is 34.7 Å².